The van der Waals surface area contributed by atoms with E-state index >= 15 is 0 Å². The number of nitrogens with one attached hydrogen (secondary N) is 2. The highest BCUT2D eigenvalue weighted by atomic mass is 32.1. The number of benzene rings is 1. The molecule has 122 valence electrons. The van der Waals surface area contributed by atoms with Crippen LogP contribution in [0.2, 0.25) is 0 Å². The third-order valence-electron chi connectivity index (χ3n) is 3.03. The Bertz CT molecular complexity index is 667. The molecule has 0 radical (unpaired) electrons. The zero-order chi connectivity index (χ0) is 16.7. The van der Waals surface area contributed by atoms with Gasteiger partial charge in [0.1, 0.15) is 10.7 Å². The maximum Gasteiger partial charge on any atom is 0.270 e. The Morgan fingerprint density at radius 3 is 2.65 bits per heavy atom. The first kappa shape index (κ1) is 17.1. The van der Waals surface area contributed by atoms with Crippen LogP contribution in [0.25, 0.3) is 0 Å². The molecule has 2 rings (SSSR count). The molecule has 2 amide bonds. The Hall–Kier alpha value is -2.25. The zero-order valence-corrected chi connectivity index (χ0v) is 13.9. The van der Waals surface area contributed by atoms with Crippen LogP contribution >= 0.6 is 11.3 Å². The Morgan fingerprint density at radius 1 is 1.26 bits per heavy atom. The number of rotatable bonds is 7. The molecule has 1 heterocycles. The molecule has 0 aliphatic heterocycles. The zero-order valence-electron chi connectivity index (χ0n) is 13.1. The highest BCUT2D eigenvalue weighted by Gasteiger charge is 2.10. The molecule has 6 nitrogen and oxygen atoms in total. The third-order valence-corrected chi connectivity index (χ3v) is 3.85. The van der Waals surface area contributed by atoms with Crippen LogP contribution in [0.3, 0.4) is 0 Å². The predicted octanol–water partition coefficient (Wildman–Crippen LogP) is 2.22. The molecule has 0 aliphatic carbocycles. The van der Waals surface area contributed by atoms with Gasteiger partial charge in [0.2, 0.25) is 5.91 Å². The monoisotopic (exact) mass is 333 g/mol. The number of ether oxygens (including phenoxy) is 1. The molecule has 1 aromatic carbocycles. The van der Waals surface area contributed by atoms with E-state index in [0.29, 0.717) is 25.3 Å². The number of aromatic nitrogens is 1. The number of anilines is 1. The molecule has 0 saturated heterocycles. The number of methoxy groups -OCH3 is 1. The van der Waals surface area contributed by atoms with Crippen LogP contribution in [0, 0.1) is 0 Å². The fourth-order valence-electron chi connectivity index (χ4n) is 1.97. The summed E-state index contributed by atoms with van der Waals surface area (Å²) < 4.78 is 4.98. The van der Waals surface area contributed by atoms with Gasteiger partial charge in [-0.25, -0.2) is 4.98 Å². The second kappa shape index (κ2) is 8.40. The fourth-order valence-corrected chi connectivity index (χ4v) is 2.72. The minimum Gasteiger partial charge on any atom is -0.378 e. The number of nitrogens with zero attached hydrogens (tertiary/aromatic N) is 1. The molecule has 23 heavy (non-hydrogen) atoms. The smallest absolute Gasteiger partial charge is 0.270 e. The molecule has 0 unspecified atom stereocenters. The van der Waals surface area contributed by atoms with Gasteiger partial charge in [-0.05, 0) is 24.1 Å². The molecule has 0 fully saturated rings. The number of hydrogen-bond acceptors (Lipinski definition) is 5. The highest BCUT2D eigenvalue weighted by molar-refractivity contribution is 7.09. The van der Waals surface area contributed by atoms with Crippen molar-refractivity contribution in [2.24, 2.45) is 0 Å². The lowest BCUT2D eigenvalue weighted by Crippen LogP contribution is -2.26. The van der Waals surface area contributed by atoms with Gasteiger partial charge in [-0.1, -0.05) is 12.1 Å². The number of carbonyl (C=O) groups is 2. The second-order valence-corrected chi connectivity index (χ2v) is 5.89. The van der Waals surface area contributed by atoms with E-state index in [2.05, 4.69) is 15.6 Å². The Kier molecular flexibility index (Phi) is 6.25. The van der Waals surface area contributed by atoms with Crippen LogP contribution in [0.5, 0.6) is 0 Å². The van der Waals surface area contributed by atoms with Gasteiger partial charge in [0.15, 0.2) is 0 Å². The van der Waals surface area contributed by atoms with E-state index in [-0.39, 0.29) is 11.8 Å². The number of amides is 2. The number of carbonyl (C=O) groups excluding carboxylic acids is 2. The molecule has 2 N–H and O–H groups in total. The van der Waals surface area contributed by atoms with Crippen LogP contribution in [0.4, 0.5) is 5.69 Å². The van der Waals surface area contributed by atoms with Crippen molar-refractivity contribution >= 4 is 28.8 Å². The van der Waals surface area contributed by atoms with Crippen molar-refractivity contribution in [3.63, 3.8) is 0 Å². The Morgan fingerprint density at radius 2 is 2.00 bits per heavy atom. The van der Waals surface area contributed by atoms with Crippen molar-refractivity contribution in [2.45, 2.75) is 20.0 Å². The lowest BCUT2D eigenvalue weighted by Gasteiger charge is -2.06. The second-order valence-electron chi connectivity index (χ2n) is 4.94. The van der Waals surface area contributed by atoms with E-state index in [4.69, 9.17) is 4.74 Å². The van der Waals surface area contributed by atoms with Crippen LogP contribution in [0.15, 0.2) is 29.6 Å². The van der Waals surface area contributed by atoms with Gasteiger partial charge in [0.25, 0.3) is 5.91 Å². The summed E-state index contributed by atoms with van der Waals surface area (Å²) in [5, 5.41) is 8.07. The van der Waals surface area contributed by atoms with E-state index in [1.54, 1.807) is 12.5 Å². The van der Waals surface area contributed by atoms with E-state index in [9.17, 15) is 9.59 Å². The first-order valence-corrected chi connectivity index (χ1v) is 8.04. The van der Waals surface area contributed by atoms with Crippen LogP contribution in [-0.2, 0) is 22.6 Å². The SMILES string of the molecule is COCc1nc(C(=O)NCCc2ccc(NC(C)=O)cc2)cs1. The molecule has 0 spiro atoms. The quantitative estimate of drug-likeness (QED) is 0.814. The van der Waals surface area contributed by atoms with Gasteiger partial charge in [-0.2, -0.15) is 0 Å². The van der Waals surface area contributed by atoms with Crippen molar-refractivity contribution in [3.8, 4) is 0 Å². The molecule has 0 saturated carbocycles. The summed E-state index contributed by atoms with van der Waals surface area (Å²) in [6.07, 6.45) is 0.709. The van der Waals surface area contributed by atoms with E-state index in [1.807, 2.05) is 24.3 Å². The Labute approximate surface area is 138 Å². The van der Waals surface area contributed by atoms with E-state index in [0.717, 1.165) is 16.3 Å². The first-order chi connectivity index (χ1) is 11.1. The summed E-state index contributed by atoms with van der Waals surface area (Å²) in [4.78, 5) is 27.1. The summed E-state index contributed by atoms with van der Waals surface area (Å²) in [5.41, 5.74) is 2.26. The van der Waals surface area contributed by atoms with Gasteiger partial charge >= 0.3 is 0 Å². The van der Waals surface area contributed by atoms with Crippen molar-refractivity contribution in [1.29, 1.82) is 0 Å². The maximum absolute atomic E-state index is 12.0. The van der Waals surface area contributed by atoms with Crippen molar-refractivity contribution in [3.05, 3.63) is 45.9 Å². The molecule has 1 aromatic heterocycles. The van der Waals surface area contributed by atoms with Gasteiger partial charge in [0, 0.05) is 31.6 Å². The molecular weight excluding hydrogens is 314 g/mol. The number of hydrogen-bond donors (Lipinski definition) is 2. The molecule has 0 bridgehead atoms. The van der Waals surface area contributed by atoms with Crippen LogP contribution in [-0.4, -0.2) is 30.5 Å². The van der Waals surface area contributed by atoms with E-state index < -0.39 is 0 Å². The summed E-state index contributed by atoms with van der Waals surface area (Å²) in [6.45, 7) is 2.41. The van der Waals surface area contributed by atoms with Crippen molar-refractivity contribution in [1.82, 2.24) is 10.3 Å². The largest absolute Gasteiger partial charge is 0.378 e. The number of thiazole rings is 1. The third kappa shape index (κ3) is 5.46. The summed E-state index contributed by atoms with van der Waals surface area (Å²) in [6, 6.07) is 7.54. The molecule has 2 aromatic rings. The van der Waals surface area contributed by atoms with Gasteiger partial charge in [-0.15, -0.1) is 11.3 Å². The van der Waals surface area contributed by atoms with Crippen molar-refractivity contribution < 1.29 is 14.3 Å². The first-order valence-electron chi connectivity index (χ1n) is 7.16. The minimum absolute atomic E-state index is 0.0962. The molecule has 0 atom stereocenters. The lowest BCUT2D eigenvalue weighted by atomic mass is 10.1. The fraction of sp³-hybridized carbons (Fsp3) is 0.312. The summed E-state index contributed by atoms with van der Waals surface area (Å²) in [5.74, 6) is -0.278. The Balaban J connectivity index is 1.79. The van der Waals surface area contributed by atoms with Gasteiger partial charge in [-0.3, -0.25) is 9.59 Å². The minimum atomic E-state index is -0.182. The van der Waals surface area contributed by atoms with Crippen LogP contribution in [0.1, 0.15) is 28.0 Å². The highest BCUT2D eigenvalue weighted by Crippen LogP contribution is 2.11. The van der Waals surface area contributed by atoms with Gasteiger partial charge in [0.05, 0.1) is 6.61 Å². The average molecular weight is 333 g/mol. The molecule has 0 aliphatic rings. The topological polar surface area (TPSA) is 80.3 Å². The van der Waals surface area contributed by atoms with Gasteiger partial charge < -0.3 is 15.4 Å². The van der Waals surface area contributed by atoms with Crippen LogP contribution < -0.4 is 10.6 Å². The maximum atomic E-state index is 12.0. The standard InChI is InChI=1S/C16H19N3O3S/c1-11(20)18-13-5-3-12(4-6-13)7-8-17-16(21)14-10-23-15(19-14)9-22-2/h3-6,10H,7-9H2,1-2H3,(H,17,21)(H,18,20). The molecule has 7 heteroatoms. The summed E-state index contributed by atoms with van der Waals surface area (Å²) in [7, 11) is 1.60. The lowest BCUT2D eigenvalue weighted by molar-refractivity contribution is -0.114. The summed E-state index contributed by atoms with van der Waals surface area (Å²) >= 11 is 1.41. The van der Waals surface area contributed by atoms with Crippen molar-refractivity contribution in [2.75, 3.05) is 19.0 Å². The van der Waals surface area contributed by atoms with E-state index in [1.165, 1.54) is 18.3 Å². The average Bonchev–Trinajstić information content (AvgIpc) is 2.97. The molecular formula is C16H19N3O3S. The predicted molar refractivity (Wildman–Crippen MR) is 89.6 cm³/mol. The normalized spacial score (nSPS) is 10.3.